The SMILES string of the molecule is CC1CCCN(CCCCCCCOc2ccc(Cl)cc2)C1. The summed E-state index contributed by atoms with van der Waals surface area (Å²) in [4.78, 5) is 2.65. The first kappa shape index (κ1) is 17.6. The summed E-state index contributed by atoms with van der Waals surface area (Å²) < 4.78 is 5.71. The van der Waals surface area contributed by atoms with E-state index in [1.165, 1.54) is 58.2 Å². The lowest BCUT2D eigenvalue weighted by molar-refractivity contribution is 0.180. The number of rotatable bonds is 9. The van der Waals surface area contributed by atoms with Gasteiger partial charge in [-0.25, -0.2) is 0 Å². The molecule has 1 saturated heterocycles. The Hall–Kier alpha value is -0.730. The van der Waals surface area contributed by atoms with Gasteiger partial charge in [-0.05, 0) is 69.0 Å². The zero-order valence-corrected chi connectivity index (χ0v) is 14.7. The highest BCUT2D eigenvalue weighted by Gasteiger charge is 2.15. The molecule has 1 fully saturated rings. The van der Waals surface area contributed by atoms with E-state index in [0.717, 1.165) is 29.7 Å². The zero-order chi connectivity index (χ0) is 15.6. The fourth-order valence-electron chi connectivity index (χ4n) is 3.18. The Morgan fingerprint density at radius 3 is 2.59 bits per heavy atom. The minimum atomic E-state index is 0.760. The normalized spacial score (nSPS) is 19.3. The number of hydrogen-bond donors (Lipinski definition) is 0. The summed E-state index contributed by atoms with van der Waals surface area (Å²) in [6, 6.07) is 7.61. The van der Waals surface area contributed by atoms with Crippen molar-refractivity contribution >= 4 is 11.6 Å². The third-order valence-electron chi connectivity index (χ3n) is 4.44. The Bertz CT molecular complexity index is 406. The van der Waals surface area contributed by atoms with Gasteiger partial charge < -0.3 is 9.64 Å². The van der Waals surface area contributed by atoms with Crippen LogP contribution in [0.25, 0.3) is 0 Å². The van der Waals surface area contributed by atoms with E-state index in [-0.39, 0.29) is 0 Å². The number of ether oxygens (including phenoxy) is 1. The lowest BCUT2D eigenvalue weighted by Gasteiger charge is -2.30. The molecule has 0 N–H and O–H groups in total. The summed E-state index contributed by atoms with van der Waals surface area (Å²) in [7, 11) is 0. The average Bonchev–Trinajstić information content (AvgIpc) is 2.52. The first-order valence-corrected chi connectivity index (χ1v) is 9.22. The Balaban J connectivity index is 1.42. The average molecular weight is 324 g/mol. The van der Waals surface area contributed by atoms with Crippen LogP contribution in [0.1, 0.15) is 51.9 Å². The van der Waals surface area contributed by atoms with Crippen molar-refractivity contribution in [3.05, 3.63) is 29.3 Å². The minimum absolute atomic E-state index is 0.760. The molecule has 0 saturated carbocycles. The molecular formula is C19H30ClNO. The highest BCUT2D eigenvalue weighted by Crippen LogP contribution is 2.17. The van der Waals surface area contributed by atoms with Crippen LogP contribution in [-0.2, 0) is 0 Å². The molecule has 124 valence electrons. The molecule has 1 aromatic rings. The Labute approximate surface area is 140 Å². The number of hydrogen-bond acceptors (Lipinski definition) is 2. The van der Waals surface area contributed by atoms with Gasteiger partial charge in [0.1, 0.15) is 5.75 Å². The van der Waals surface area contributed by atoms with E-state index in [0.29, 0.717) is 0 Å². The molecule has 0 spiro atoms. The first-order chi connectivity index (χ1) is 10.7. The van der Waals surface area contributed by atoms with Crippen molar-refractivity contribution in [3.63, 3.8) is 0 Å². The smallest absolute Gasteiger partial charge is 0.119 e. The summed E-state index contributed by atoms with van der Waals surface area (Å²) in [5, 5.41) is 0.760. The molecule has 0 aliphatic carbocycles. The van der Waals surface area contributed by atoms with Crippen LogP contribution in [0.3, 0.4) is 0 Å². The van der Waals surface area contributed by atoms with Gasteiger partial charge in [0, 0.05) is 11.6 Å². The fourth-order valence-corrected chi connectivity index (χ4v) is 3.30. The van der Waals surface area contributed by atoms with Gasteiger partial charge in [-0.3, -0.25) is 0 Å². The maximum Gasteiger partial charge on any atom is 0.119 e. The van der Waals surface area contributed by atoms with E-state index >= 15 is 0 Å². The highest BCUT2D eigenvalue weighted by atomic mass is 35.5. The zero-order valence-electron chi connectivity index (χ0n) is 13.9. The van der Waals surface area contributed by atoms with Crippen LogP contribution in [0, 0.1) is 5.92 Å². The van der Waals surface area contributed by atoms with Crippen molar-refractivity contribution in [2.45, 2.75) is 51.9 Å². The van der Waals surface area contributed by atoms with Crippen molar-refractivity contribution in [1.82, 2.24) is 4.90 Å². The molecule has 0 bridgehead atoms. The van der Waals surface area contributed by atoms with Crippen LogP contribution in [0.4, 0.5) is 0 Å². The Kier molecular flexibility index (Phi) is 8.11. The van der Waals surface area contributed by atoms with E-state index < -0.39 is 0 Å². The standard InChI is InChI=1S/C19H30ClNO/c1-17-8-7-14-21(16-17)13-5-3-2-4-6-15-22-19-11-9-18(20)10-12-19/h9-12,17H,2-8,13-16H2,1H3. The Morgan fingerprint density at radius 2 is 1.82 bits per heavy atom. The number of nitrogens with zero attached hydrogens (tertiary/aromatic N) is 1. The molecule has 3 heteroatoms. The molecule has 1 atom stereocenters. The van der Waals surface area contributed by atoms with Crippen molar-refractivity contribution in [2.24, 2.45) is 5.92 Å². The second-order valence-corrected chi connectivity index (χ2v) is 7.05. The van der Waals surface area contributed by atoms with E-state index in [1.807, 2.05) is 24.3 Å². The topological polar surface area (TPSA) is 12.5 Å². The lowest BCUT2D eigenvalue weighted by Crippen LogP contribution is -2.34. The van der Waals surface area contributed by atoms with E-state index in [9.17, 15) is 0 Å². The molecule has 22 heavy (non-hydrogen) atoms. The predicted molar refractivity (Wildman–Crippen MR) is 94.9 cm³/mol. The van der Waals surface area contributed by atoms with Crippen LogP contribution >= 0.6 is 11.6 Å². The van der Waals surface area contributed by atoms with Gasteiger partial charge in [-0.1, -0.05) is 37.8 Å². The van der Waals surface area contributed by atoms with Crippen molar-refractivity contribution in [1.29, 1.82) is 0 Å². The summed E-state index contributed by atoms with van der Waals surface area (Å²) in [5.41, 5.74) is 0. The largest absolute Gasteiger partial charge is 0.494 e. The van der Waals surface area contributed by atoms with Gasteiger partial charge in [0.15, 0.2) is 0 Å². The molecule has 0 amide bonds. The maximum absolute atomic E-state index is 5.85. The van der Waals surface area contributed by atoms with Crippen LogP contribution in [0.5, 0.6) is 5.75 Å². The quantitative estimate of drug-likeness (QED) is 0.564. The van der Waals surface area contributed by atoms with Gasteiger partial charge in [-0.15, -0.1) is 0 Å². The van der Waals surface area contributed by atoms with Crippen molar-refractivity contribution in [3.8, 4) is 5.75 Å². The highest BCUT2D eigenvalue weighted by molar-refractivity contribution is 6.30. The number of likely N-dealkylation sites (tertiary alicyclic amines) is 1. The van der Waals surface area contributed by atoms with Crippen LogP contribution in [0.2, 0.25) is 5.02 Å². The minimum Gasteiger partial charge on any atom is -0.494 e. The number of piperidine rings is 1. The van der Waals surface area contributed by atoms with Gasteiger partial charge in [0.2, 0.25) is 0 Å². The Morgan fingerprint density at radius 1 is 1.09 bits per heavy atom. The molecular weight excluding hydrogens is 294 g/mol. The summed E-state index contributed by atoms with van der Waals surface area (Å²) >= 11 is 5.85. The van der Waals surface area contributed by atoms with Crippen LogP contribution < -0.4 is 4.74 Å². The molecule has 0 radical (unpaired) electrons. The second-order valence-electron chi connectivity index (χ2n) is 6.62. The second kappa shape index (κ2) is 10.1. The summed E-state index contributed by atoms with van der Waals surface area (Å²) in [6.45, 7) is 7.12. The monoisotopic (exact) mass is 323 g/mol. The number of halogens is 1. The molecule has 2 nitrogen and oxygen atoms in total. The van der Waals surface area contributed by atoms with Crippen LogP contribution in [0.15, 0.2) is 24.3 Å². The van der Waals surface area contributed by atoms with Gasteiger partial charge >= 0.3 is 0 Å². The van der Waals surface area contributed by atoms with Crippen molar-refractivity contribution in [2.75, 3.05) is 26.2 Å². The number of benzene rings is 1. The van der Waals surface area contributed by atoms with Gasteiger partial charge in [-0.2, -0.15) is 0 Å². The maximum atomic E-state index is 5.85. The summed E-state index contributed by atoms with van der Waals surface area (Å²) in [6.07, 6.45) is 9.25. The van der Waals surface area contributed by atoms with E-state index in [1.54, 1.807) is 0 Å². The first-order valence-electron chi connectivity index (χ1n) is 8.85. The van der Waals surface area contributed by atoms with Gasteiger partial charge in [0.25, 0.3) is 0 Å². The van der Waals surface area contributed by atoms with E-state index in [2.05, 4.69) is 11.8 Å². The lowest BCUT2D eigenvalue weighted by atomic mass is 10.00. The van der Waals surface area contributed by atoms with Crippen molar-refractivity contribution < 1.29 is 4.74 Å². The predicted octanol–water partition coefficient (Wildman–Crippen LogP) is 5.40. The molecule has 2 rings (SSSR count). The number of unbranched alkanes of at least 4 members (excludes halogenated alkanes) is 4. The third kappa shape index (κ3) is 7.02. The van der Waals surface area contributed by atoms with Crippen LogP contribution in [-0.4, -0.2) is 31.1 Å². The fraction of sp³-hybridized carbons (Fsp3) is 0.684. The van der Waals surface area contributed by atoms with Gasteiger partial charge in [0.05, 0.1) is 6.61 Å². The molecule has 0 aromatic heterocycles. The molecule has 1 unspecified atom stereocenters. The molecule has 1 aromatic carbocycles. The molecule has 1 aliphatic heterocycles. The molecule has 1 aliphatic rings. The van der Waals surface area contributed by atoms with E-state index in [4.69, 9.17) is 16.3 Å². The summed E-state index contributed by atoms with van der Waals surface area (Å²) in [5.74, 6) is 1.82. The third-order valence-corrected chi connectivity index (χ3v) is 4.69. The molecule has 1 heterocycles.